The van der Waals surface area contributed by atoms with Gasteiger partial charge in [-0.1, -0.05) is 22.9 Å². The molecule has 0 spiro atoms. The molecule has 0 aliphatic rings. The zero-order chi connectivity index (χ0) is 11.4. The number of carbonyl (C=O) groups excluding carboxylic acids is 1. The van der Waals surface area contributed by atoms with Gasteiger partial charge in [0, 0.05) is 16.6 Å². The highest BCUT2D eigenvalue weighted by molar-refractivity contribution is 5.76. The minimum absolute atomic E-state index is 0. The molecule has 2 rings (SSSR count). The van der Waals surface area contributed by atoms with Crippen molar-refractivity contribution in [3.63, 3.8) is 0 Å². The van der Waals surface area contributed by atoms with Crippen LogP contribution in [0.4, 0.5) is 0 Å². The first-order chi connectivity index (χ1) is 7.79. The summed E-state index contributed by atoms with van der Waals surface area (Å²) >= 11 is 0. The molecule has 0 fully saturated rings. The van der Waals surface area contributed by atoms with Crippen molar-refractivity contribution in [3.8, 4) is 0 Å². The lowest BCUT2D eigenvalue weighted by Gasteiger charge is -1.96. The molecule has 0 amide bonds. The Hall–Kier alpha value is -1.49. The Balaban J connectivity index is 0.00000144. The van der Waals surface area contributed by atoms with Gasteiger partial charge in [-0.05, 0) is 6.07 Å². The summed E-state index contributed by atoms with van der Waals surface area (Å²) in [5.74, 6) is -0.220. The van der Waals surface area contributed by atoms with E-state index in [9.17, 15) is 4.79 Å². The van der Waals surface area contributed by atoms with E-state index < -0.39 is 0 Å². The van der Waals surface area contributed by atoms with Gasteiger partial charge in [-0.3, -0.25) is 4.79 Å². The third-order valence-electron chi connectivity index (χ3n) is 2.37. The van der Waals surface area contributed by atoms with Crippen molar-refractivity contribution in [2.75, 3.05) is 7.11 Å². The maximum absolute atomic E-state index is 11.0. The Bertz CT molecular complexity index is 517. The Morgan fingerprint density at radius 1 is 1.35 bits per heavy atom. The van der Waals surface area contributed by atoms with Crippen LogP contribution in [-0.4, -0.2) is 18.2 Å². The SMILES string of the molecule is COC(=O)CC[n+]1ccc2ccccc2n1.[Br-]. The number of esters is 1. The second-order valence-electron chi connectivity index (χ2n) is 3.46. The first-order valence-corrected chi connectivity index (χ1v) is 5.12. The van der Waals surface area contributed by atoms with E-state index in [1.807, 2.05) is 36.5 Å². The van der Waals surface area contributed by atoms with Gasteiger partial charge in [0.2, 0.25) is 0 Å². The molecule has 2 aromatic rings. The summed E-state index contributed by atoms with van der Waals surface area (Å²) < 4.78 is 6.33. The lowest BCUT2D eigenvalue weighted by atomic mass is 10.2. The number of ether oxygens (including phenoxy) is 1. The number of aryl methyl sites for hydroxylation is 1. The lowest BCUT2D eigenvalue weighted by Crippen LogP contribution is -3.00. The summed E-state index contributed by atoms with van der Waals surface area (Å²) in [5, 5.41) is 5.48. The molecular weight excluding hydrogens is 284 g/mol. The molecule has 0 saturated heterocycles. The number of benzene rings is 1. The van der Waals surface area contributed by atoms with Crippen LogP contribution in [0.25, 0.3) is 10.9 Å². The molecule has 17 heavy (non-hydrogen) atoms. The van der Waals surface area contributed by atoms with Gasteiger partial charge in [0.25, 0.3) is 0 Å². The average molecular weight is 297 g/mol. The standard InChI is InChI=1S/C12H13N2O2.BrH/c1-16-12(15)7-9-14-8-6-10-4-2-3-5-11(10)13-14;/h2-6,8H,7,9H2,1H3;1H/q+1;/p-1. The van der Waals surface area contributed by atoms with Crippen LogP contribution in [0.3, 0.4) is 0 Å². The molecular formula is C12H13BrN2O2. The van der Waals surface area contributed by atoms with Gasteiger partial charge in [-0.15, -0.1) is 0 Å². The highest BCUT2D eigenvalue weighted by Gasteiger charge is 2.08. The molecule has 4 nitrogen and oxygen atoms in total. The normalized spacial score (nSPS) is 9.71. The molecule has 90 valence electrons. The second kappa shape index (κ2) is 6.30. The van der Waals surface area contributed by atoms with E-state index in [2.05, 4.69) is 9.84 Å². The minimum Gasteiger partial charge on any atom is -1.00 e. The van der Waals surface area contributed by atoms with Gasteiger partial charge in [-0.25, -0.2) is 0 Å². The smallest absolute Gasteiger partial charge is 0.312 e. The molecule has 5 heteroatoms. The Morgan fingerprint density at radius 2 is 2.12 bits per heavy atom. The van der Waals surface area contributed by atoms with E-state index in [4.69, 9.17) is 0 Å². The van der Waals surface area contributed by atoms with Crippen LogP contribution < -0.4 is 21.7 Å². The van der Waals surface area contributed by atoms with Crippen molar-refractivity contribution in [3.05, 3.63) is 36.5 Å². The summed E-state index contributed by atoms with van der Waals surface area (Å²) in [6.45, 7) is 0.539. The van der Waals surface area contributed by atoms with E-state index in [0.717, 1.165) is 10.9 Å². The fourth-order valence-corrected chi connectivity index (χ4v) is 1.49. The van der Waals surface area contributed by atoms with Crippen LogP contribution in [0, 0.1) is 0 Å². The predicted octanol–water partition coefficient (Wildman–Crippen LogP) is -1.91. The first kappa shape index (κ1) is 13.6. The number of nitrogens with zero attached hydrogens (tertiary/aromatic N) is 2. The minimum atomic E-state index is -0.220. The quantitative estimate of drug-likeness (QED) is 0.490. The third kappa shape index (κ3) is 3.49. The lowest BCUT2D eigenvalue weighted by molar-refractivity contribution is -0.750. The number of methoxy groups -OCH3 is 1. The summed E-state index contributed by atoms with van der Waals surface area (Å²) in [6, 6.07) is 9.86. The van der Waals surface area contributed by atoms with Crippen molar-refractivity contribution in [1.29, 1.82) is 0 Å². The van der Waals surface area contributed by atoms with Crippen LogP contribution >= 0.6 is 0 Å². The van der Waals surface area contributed by atoms with Gasteiger partial charge in [-0.2, -0.15) is 0 Å². The number of carbonyl (C=O) groups is 1. The number of rotatable bonds is 3. The Labute approximate surface area is 110 Å². The van der Waals surface area contributed by atoms with E-state index >= 15 is 0 Å². The number of hydrogen-bond donors (Lipinski definition) is 0. The van der Waals surface area contributed by atoms with Gasteiger partial charge < -0.3 is 21.7 Å². The average Bonchev–Trinajstić information content (AvgIpc) is 2.35. The molecule has 0 saturated carbocycles. The van der Waals surface area contributed by atoms with Crippen molar-refractivity contribution in [2.45, 2.75) is 13.0 Å². The maximum atomic E-state index is 11.0. The van der Waals surface area contributed by atoms with Crippen LogP contribution in [0.1, 0.15) is 6.42 Å². The fourth-order valence-electron chi connectivity index (χ4n) is 1.49. The highest BCUT2D eigenvalue weighted by atomic mass is 79.9. The van der Waals surface area contributed by atoms with Crippen LogP contribution in [0.15, 0.2) is 36.5 Å². The fraction of sp³-hybridized carbons (Fsp3) is 0.250. The van der Waals surface area contributed by atoms with Gasteiger partial charge in [0.15, 0.2) is 12.7 Å². The number of halogens is 1. The van der Waals surface area contributed by atoms with E-state index in [1.54, 1.807) is 4.68 Å². The van der Waals surface area contributed by atoms with Gasteiger partial charge in [0.05, 0.1) is 7.11 Å². The molecule has 1 aromatic carbocycles. The molecule has 1 heterocycles. The number of fused-ring (bicyclic) bond motifs is 1. The third-order valence-corrected chi connectivity index (χ3v) is 2.37. The summed E-state index contributed by atoms with van der Waals surface area (Å²) in [7, 11) is 1.39. The zero-order valence-electron chi connectivity index (χ0n) is 9.47. The molecule has 0 aliphatic heterocycles. The number of aromatic nitrogens is 2. The van der Waals surface area contributed by atoms with Crippen molar-refractivity contribution in [1.82, 2.24) is 5.10 Å². The first-order valence-electron chi connectivity index (χ1n) is 5.12. The molecule has 0 aliphatic carbocycles. The van der Waals surface area contributed by atoms with Gasteiger partial charge >= 0.3 is 5.97 Å². The monoisotopic (exact) mass is 296 g/mol. The molecule has 0 radical (unpaired) electrons. The Kier molecular flexibility index (Phi) is 5.03. The van der Waals surface area contributed by atoms with Gasteiger partial charge in [0.1, 0.15) is 11.9 Å². The van der Waals surface area contributed by atoms with E-state index in [1.165, 1.54) is 7.11 Å². The zero-order valence-corrected chi connectivity index (χ0v) is 11.1. The van der Waals surface area contributed by atoms with Crippen molar-refractivity contribution in [2.24, 2.45) is 0 Å². The Morgan fingerprint density at radius 3 is 2.88 bits per heavy atom. The van der Waals surface area contributed by atoms with Crippen LogP contribution in [0.5, 0.6) is 0 Å². The highest BCUT2D eigenvalue weighted by Crippen LogP contribution is 2.06. The van der Waals surface area contributed by atoms with E-state index in [0.29, 0.717) is 13.0 Å². The van der Waals surface area contributed by atoms with Crippen molar-refractivity contribution < 1.29 is 31.2 Å². The second-order valence-corrected chi connectivity index (χ2v) is 3.46. The van der Waals surface area contributed by atoms with Crippen molar-refractivity contribution >= 4 is 16.9 Å². The summed E-state index contributed by atoms with van der Waals surface area (Å²) in [4.78, 5) is 11.0. The summed E-state index contributed by atoms with van der Waals surface area (Å²) in [6.07, 6.45) is 2.21. The molecule has 1 aromatic heterocycles. The van der Waals surface area contributed by atoms with Crippen LogP contribution in [-0.2, 0) is 16.1 Å². The summed E-state index contributed by atoms with van der Waals surface area (Å²) in [5.41, 5.74) is 0.926. The molecule has 0 N–H and O–H groups in total. The molecule has 0 bridgehead atoms. The predicted molar refractivity (Wildman–Crippen MR) is 58.6 cm³/mol. The topological polar surface area (TPSA) is 43.1 Å². The number of hydrogen-bond acceptors (Lipinski definition) is 3. The largest absolute Gasteiger partial charge is 1.00 e. The van der Waals surface area contributed by atoms with E-state index in [-0.39, 0.29) is 23.0 Å². The molecule has 0 atom stereocenters. The maximum Gasteiger partial charge on any atom is 0.312 e. The molecule has 0 unspecified atom stereocenters. The van der Waals surface area contributed by atoms with Crippen LogP contribution in [0.2, 0.25) is 0 Å².